The van der Waals surface area contributed by atoms with Crippen molar-refractivity contribution in [2.45, 2.75) is 57.5 Å². The molecule has 1 fully saturated rings. The number of fused-ring (bicyclic) bond motifs is 1. The maximum atomic E-state index is 12.7. The normalized spacial score (nSPS) is 20.3. The molecule has 0 saturated carbocycles. The fourth-order valence-corrected chi connectivity index (χ4v) is 4.62. The highest BCUT2D eigenvalue weighted by molar-refractivity contribution is 7.12. The third-order valence-electron chi connectivity index (χ3n) is 5.28. The van der Waals surface area contributed by atoms with Crippen molar-refractivity contribution in [2.24, 2.45) is 0 Å². The highest BCUT2D eigenvalue weighted by Gasteiger charge is 2.30. The Balaban J connectivity index is 1.56. The second kappa shape index (κ2) is 7.12. The highest BCUT2D eigenvalue weighted by atomic mass is 32.1. The van der Waals surface area contributed by atoms with Crippen LogP contribution < -0.4 is 5.56 Å². The summed E-state index contributed by atoms with van der Waals surface area (Å²) in [6, 6.07) is 5.61. The summed E-state index contributed by atoms with van der Waals surface area (Å²) in [5, 5.41) is 6.59. The van der Waals surface area contributed by atoms with E-state index in [-0.39, 0.29) is 17.5 Å². The number of carbonyl (C=O) groups excluding carboxylic acids is 1. The van der Waals surface area contributed by atoms with Crippen molar-refractivity contribution in [2.75, 3.05) is 6.54 Å². The zero-order valence-corrected chi connectivity index (χ0v) is 15.1. The molecule has 6 heteroatoms. The lowest BCUT2D eigenvalue weighted by Crippen LogP contribution is -2.40. The maximum absolute atomic E-state index is 12.7. The van der Waals surface area contributed by atoms with E-state index in [1.165, 1.54) is 17.8 Å². The standard InChI is InChI=1S/C19H23N3O2S/c23-18-12-14-6-2-1-3-8-16(14)20-22(18)13-15-7-4-10-21(15)19(24)17-9-5-11-25-17/h5,9,11-12,15H,1-4,6-8,10,13H2/t15-/m0/s1. The third kappa shape index (κ3) is 3.40. The zero-order valence-electron chi connectivity index (χ0n) is 14.3. The molecule has 2 aliphatic rings. The Morgan fingerprint density at radius 1 is 1.24 bits per heavy atom. The first-order chi connectivity index (χ1) is 12.2. The number of rotatable bonds is 3. The molecule has 5 nitrogen and oxygen atoms in total. The minimum absolute atomic E-state index is 0.0314. The lowest BCUT2D eigenvalue weighted by atomic mass is 10.1. The van der Waals surface area contributed by atoms with E-state index in [9.17, 15) is 9.59 Å². The van der Waals surface area contributed by atoms with Gasteiger partial charge in [0.2, 0.25) is 0 Å². The summed E-state index contributed by atoms with van der Waals surface area (Å²) in [4.78, 5) is 27.9. The SMILES string of the molecule is O=C(c1cccs1)N1CCC[C@H]1Cn1nc2c(cc1=O)CCCCC2. The molecule has 3 heterocycles. The van der Waals surface area contributed by atoms with Gasteiger partial charge in [0.25, 0.3) is 11.5 Å². The molecule has 1 atom stereocenters. The van der Waals surface area contributed by atoms with Gasteiger partial charge in [0.1, 0.15) is 0 Å². The lowest BCUT2D eigenvalue weighted by Gasteiger charge is -2.24. The van der Waals surface area contributed by atoms with Crippen molar-refractivity contribution >= 4 is 17.2 Å². The first-order valence-electron chi connectivity index (χ1n) is 9.17. The van der Waals surface area contributed by atoms with Crippen molar-refractivity contribution in [3.8, 4) is 0 Å². The Hall–Kier alpha value is -1.95. The molecule has 0 bridgehead atoms. The zero-order chi connectivity index (χ0) is 17.2. The third-order valence-corrected chi connectivity index (χ3v) is 6.14. The number of amides is 1. The van der Waals surface area contributed by atoms with Crippen LogP contribution in [0, 0.1) is 0 Å². The van der Waals surface area contributed by atoms with Gasteiger partial charge in [0.05, 0.1) is 23.2 Å². The van der Waals surface area contributed by atoms with Crippen LogP contribution in [-0.4, -0.2) is 33.2 Å². The number of hydrogen-bond donors (Lipinski definition) is 0. The maximum Gasteiger partial charge on any atom is 0.267 e. The number of carbonyl (C=O) groups is 1. The van der Waals surface area contributed by atoms with E-state index in [4.69, 9.17) is 0 Å². The Kier molecular flexibility index (Phi) is 4.70. The minimum atomic E-state index is -0.0314. The van der Waals surface area contributed by atoms with Crippen molar-refractivity contribution in [3.63, 3.8) is 0 Å². The smallest absolute Gasteiger partial charge is 0.267 e. The molecule has 0 aromatic carbocycles. The van der Waals surface area contributed by atoms with Gasteiger partial charge in [-0.25, -0.2) is 4.68 Å². The van der Waals surface area contributed by atoms with Crippen LogP contribution >= 0.6 is 11.3 Å². The number of aryl methyl sites for hydroxylation is 2. The second-order valence-electron chi connectivity index (χ2n) is 6.97. The van der Waals surface area contributed by atoms with E-state index < -0.39 is 0 Å². The summed E-state index contributed by atoms with van der Waals surface area (Å²) in [7, 11) is 0. The molecule has 25 heavy (non-hydrogen) atoms. The van der Waals surface area contributed by atoms with Crippen LogP contribution in [0.4, 0.5) is 0 Å². The van der Waals surface area contributed by atoms with E-state index >= 15 is 0 Å². The predicted octanol–water partition coefficient (Wildman–Crippen LogP) is 2.88. The van der Waals surface area contributed by atoms with Crippen LogP contribution in [0.1, 0.15) is 53.0 Å². The van der Waals surface area contributed by atoms with Crippen molar-refractivity contribution in [1.82, 2.24) is 14.7 Å². The molecule has 0 spiro atoms. The largest absolute Gasteiger partial charge is 0.333 e. The summed E-state index contributed by atoms with van der Waals surface area (Å²) >= 11 is 1.47. The van der Waals surface area contributed by atoms with Gasteiger partial charge in [-0.15, -0.1) is 11.3 Å². The molecule has 0 unspecified atom stereocenters. The van der Waals surface area contributed by atoms with E-state index in [0.29, 0.717) is 6.54 Å². The lowest BCUT2D eigenvalue weighted by molar-refractivity contribution is 0.0725. The van der Waals surface area contributed by atoms with Crippen LogP contribution in [0.5, 0.6) is 0 Å². The molecule has 0 N–H and O–H groups in total. The molecule has 1 aliphatic heterocycles. The number of aromatic nitrogens is 2. The second-order valence-corrected chi connectivity index (χ2v) is 7.92. The van der Waals surface area contributed by atoms with E-state index in [0.717, 1.165) is 61.2 Å². The van der Waals surface area contributed by atoms with Gasteiger partial charge >= 0.3 is 0 Å². The Morgan fingerprint density at radius 2 is 2.12 bits per heavy atom. The van der Waals surface area contributed by atoms with Crippen LogP contribution in [0.25, 0.3) is 0 Å². The molecule has 1 saturated heterocycles. The number of hydrogen-bond acceptors (Lipinski definition) is 4. The molecule has 2 aromatic rings. The monoisotopic (exact) mass is 357 g/mol. The van der Waals surface area contributed by atoms with Crippen molar-refractivity contribution < 1.29 is 4.79 Å². The molecule has 0 radical (unpaired) electrons. The quantitative estimate of drug-likeness (QED) is 0.794. The van der Waals surface area contributed by atoms with E-state index in [2.05, 4.69) is 5.10 Å². The van der Waals surface area contributed by atoms with Gasteiger partial charge in [-0.3, -0.25) is 9.59 Å². The highest BCUT2D eigenvalue weighted by Crippen LogP contribution is 2.23. The Morgan fingerprint density at radius 3 is 2.96 bits per heavy atom. The summed E-state index contributed by atoms with van der Waals surface area (Å²) < 4.78 is 1.59. The predicted molar refractivity (Wildman–Crippen MR) is 98.1 cm³/mol. The molecule has 1 aliphatic carbocycles. The summed E-state index contributed by atoms with van der Waals surface area (Å²) in [5.74, 6) is 0.0836. The van der Waals surface area contributed by atoms with Crippen LogP contribution in [0.2, 0.25) is 0 Å². The summed E-state index contributed by atoms with van der Waals surface area (Å²) in [5.41, 5.74) is 2.17. The van der Waals surface area contributed by atoms with Crippen molar-refractivity contribution in [1.29, 1.82) is 0 Å². The van der Waals surface area contributed by atoms with E-state index in [1.807, 2.05) is 22.4 Å². The topological polar surface area (TPSA) is 55.2 Å². The molecule has 4 rings (SSSR count). The molecule has 1 amide bonds. The summed E-state index contributed by atoms with van der Waals surface area (Å²) in [6.07, 6.45) is 7.33. The van der Waals surface area contributed by atoms with Crippen LogP contribution in [0.3, 0.4) is 0 Å². The van der Waals surface area contributed by atoms with Gasteiger partial charge < -0.3 is 4.90 Å². The first kappa shape index (κ1) is 16.5. The van der Waals surface area contributed by atoms with Gasteiger partial charge in [0, 0.05) is 12.6 Å². The van der Waals surface area contributed by atoms with Gasteiger partial charge in [-0.05, 0) is 55.5 Å². The average Bonchev–Trinajstić information content (AvgIpc) is 3.24. The molecular weight excluding hydrogens is 334 g/mol. The number of nitrogens with zero attached hydrogens (tertiary/aromatic N) is 3. The summed E-state index contributed by atoms with van der Waals surface area (Å²) in [6.45, 7) is 1.27. The van der Waals surface area contributed by atoms with Crippen LogP contribution in [-0.2, 0) is 19.4 Å². The van der Waals surface area contributed by atoms with E-state index in [1.54, 1.807) is 10.7 Å². The van der Waals surface area contributed by atoms with Gasteiger partial charge in [0.15, 0.2) is 0 Å². The molecular formula is C19H23N3O2S. The van der Waals surface area contributed by atoms with Gasteiger partial charge in [-0.1, -0.05) is 12.5 Å². The fourth-order valence-electron chi connectivity index (χ4n) is 3.94. The molecule has 2 aromatic heterocycles. The fraction of sp³-hybridized carbons (Fsp3) is 0.526. The number of thiophene rings is 1. The first-order valence-corrected chi connectivity index (χ1v) is 10.0. The average molecular weight is 357 g/mol. The van der Waals surface area contributed by atoms with Gasteiger partial charge in [-0.2, -0.15) is 5.10 Å². The Bertz CT molecular complexity index is 813. The van der Waals surface area contributed by atoms with Crippen molar-refractivity contribution in [3.05, 3.63) is 50.1 Å². The Labute approximate surface area is 151 Å². The minimum Gasteiger partial charge on any atom is -0.333 e. The molecule has 132 valence electrons. The van der Waals surface area contributed by atoms with Crippen LogP contribution in [0.15, 0.2) is 28.4 Å². The number of likely N-dealkylation sites (tertiary alicyclic amines) is 1.